The molecule has 2 heterocycles. The molecule has 1 atom stereocenters. The summed E-state index contributed by atoms with van der Waals surface area (Å²) in [5, 5.41) is 31.3. The number of benzene rings is 2. The first-order valence-corrected chi connectivity index (χ1v) is 14.2. The Balaban J connectivity index is 1.57. The lowest BCUT2D eigenvalue weighted by atomic mass is 9.68. The van der Waals surface area contributed by atoms with Crippen molar-refractivity contribution in [2.75, 3.05) is 4.90 Å². The van der Waals surface area contributed by atoms with E-state index in [9.17, 15) is 20.2 Å². The van der Waals surface area contributed by atoms with Gasteiger partial charge in [-0.15, -0.1) is 10.2 Å². The summed E-state index contributed by atoms with van der Waals surface area (Å²) in [4.78, 5) is 26.0. The Morgan fingerprint density at radius 1 is 1.23 bits per heavy atom. The smallest absolute Gasteiger partial charge is 0.269 e. The molecule has 0 fully saturated rings. The number of nitrogens with zero attached hydrogens (tertiary/aromatic N) is 5. The molecule has 198 valence electrons. The van der Waals surface area contributed by atoms with Gasteiger partial charge >= 0.3 is 0 Å². The fourth-order valence-corrected chi connectivity index (χ4v) is 7.12. The molecule has 0 saturated heterocycles. The van der Waals surface area contributed by atoms with Gasteiger partial charge in [0.25, 0.3) is 5.69 Å². The number of nitro benzene ring substituents is 1. The van der Waals surface area contributed by atoms with Crippen molar-refractivity contribution in [3.05, 3.63) is 97.5 Å². The van der Waals surface area contributed by atoms with Gasteiger partial charge in [0.2, 0.25) is 5.13 Å². The summed E-state index contributed by atoms with van der Waals surface area (Å²) in [5.41, 5.74) is 9.13. The number of carbonyl (C=O) groups is 1. The van der Waals surface area contributed by atoms with E-state index in [4.69, 9.17) is 17.3 Å². The average molecular weight is 579 g/mol. The average Bonchev–Trinajstić information content (AvgIpc) is 3.35. The van der Waals surface area contributed by atoms with Gasteiger partial charge in [0.15, 0.2) is 10.1 Å². The Morgan fingerprint density at radius 3 is 2.62 bits per heavy atom. The lowest BCUT2D eigenvalue weighted by Gasteiger charge is -2.42. The molecule has 2 N–H and O–H groups in total. The number of nitro groups is 1. The van der Waals surface area contributed by atoms with Gasteiger partial charge in [0.1, 0.15) is 5.82 Å². The highest BCUT2D eigenvalue weighted by Crippen LogP contribution is 2.51. The number of carbonyl (C=O) groups excluding carboxylic acids is 1. The number of anilines is 1. The number of nitriles is 1. The van der Waals surface area contributed by atoms with Crippen LogP contribution in [0.2, 0.25) is 5.02 Å². The zero-order valence-electron chi connectivity index (χ0n) is 21.1. The highest BCUT2D eigenvalue weighted by molar-refractivity contribution is 8.00. The highest BCUT2D eigenvalue weighted by atomic mass is 35.5. The van der Waals surface area contributed by atoms with E-state index in [1.54, 1.807) is 17.0 Å². The van der Waals surface area contributed by atoms with Crippen molar-refractivity contribution < 1.29 is 9.72 Å². The van der Waals surface area contributed by atoms with Crippen molar-refractivity contribution >= 4 is 51.3 Å². The van der Waals surface area contributed by atoms with Crippen LogP contribution in [0.25, 0.3) is 0 Å². The monoisotopic (exact) mass is 578 g/mol. The summed E-state index contributed by atoms with van der Waals surface area (Å²) >= 11 is 9.10. The number of Topliss-reactive ketones (excluding diaryl/α,β-unsaturated/α-hetero) is 1. The zero-order valence-corrected chi connectivity index (χ0v) is 23.4. The molecule has 5 rings (SSSR count). The van der Waals surface area contributed by atoms with E-state index in [0.29, 0.717) is 49.9 Å². The minimum absolute atomic E-state index is 0.0763. The second kappa shape index (κ2) is 10.4. The maximum absolute atomic E-state index is 13.6. The van der Waals surface area contributed by atoms with Crippen LogP contribution in [0, 0.1) is 26.9 Å². The predicted octanol–water partition coefficient (Wildman–Crippen LogP) is 6.33. The summed E-state index contributed by atoms with van der Waals surface area (Å²) in [6.45, 7) is 4.02. The second-order valence-corrected chi connectivity index (χ2v) is 12.6. The first-order valence-electron chi connectivity index (χ1n) is 12.0. The lowest BCUT2D eigenvalue weighted by Crippen LogP contribution is -2.42. The van der Waals surface area contributed by atoms with E-state index in [0.717, 1.165) is 5.56 Å². The van der Waals surface area contributed by atoms with Gasteiger partial charge in [0, 0.05) is 40.6 Å². The SMILES string of the molecule is CC1(C)CC(=O)C2=C(C1)N(c1nnc(SCc3ccccc3Cl)s1)C(N)=C(C#N)[C@H]2c1ccc([N+](=O)[O-])cc1. The molecular weight excluding hydrogens is 556 g/mol. The molecule has 3 aromatic rings. The van der Waals surface area contributed by atoms with Gasteiger partial charge in [0.05, 0.1) is 22.5 Å². The molecule has 39 heavy (non-hydrogen) atoms. The fraction of sp³-hybridized carbons (Fsp3) is 0.259. The van der Waals surface area contributed by atoms with Crippen molar-refractivity contribution in [3.8, 4) is 6.07 Å². The number of thioether (sulfide) groups is 1. The summed E-state index contributed by atoms with van der Waals surface area (Å²) in [6, 6.07) is 15.7. The number of allylic oxidation sites excluding steroid dienone is 3. The molecule has 2 aliphatic rings. The maximum atomic E-state index is 13.6. The van der Waals surface area contributed by atoms with E-state index >= 15 is 0 Å². The number of rotatable bonds is 6. The third-order valence-electron chi connectivity index (χ3n) is 6.71. The van der Waals surface area contributed by atoms with Crippen LogP contribution < -0.4 is 10.6 Å². The molecule has 2 aromatic carbocycles. The Morgan fingerprint density at radius 2 is 1.95 bits per heavy atom. The standard InChI is InChI=1S/C27H23ClN6O3S2/c1-27(2)11-20-23(21(35)12-27)22(15-7-9-17(10-8-15)34(36)37)18(13-29)24(30)33(20)25-31-32-26(39-25)38-14-16-5-3-4-6-19(16)28/h3-10,22H,11-12,14,30H2,1-2H3/t22-/m1/s1. The van der Waals surface area contributed by atoms with Crippen LogP contribution in [0.4, 0.5) is 10.8 Å². The molecule has 0 radical (unpaired) electrons. The largest absolute Gasteiger partial charge is 0.384 e. The van der Waals surface area contributed by atoms with Gasteiger partial charge in [-0.2, -0.15) is 5.26 Å². The number of ketones is 1. The van der Waals surface area contributed by atoms with Crippen molar-refractivity contribution in [2.45, 2.75) is 42.7 Å². The molecule has 0 unspecified atom stereocenters. The van der Waals surface area contributed by atoms with Crippen molar-refractivity contribution in [2.24, 2.45) is 11.1 Å². The Bertz CT molecular complexity index is 1590. The van der Waals surface area contributed by atoms with Crippen LogP contribution in [0.3, 0.4) is 0 Å². The third kappa shape index (κ3) is 5.15. The quantitative estimate of drug-likeness (QED) is 0.202. The summed E-state index contributed by atoms with van der Waals surface area (Å²) in [6.07, 6.45) is 0.829. The minimum Gasteiger partial charge on any atom is -0.384 e. The van der Waals surface area contributed by atoms with Crippen LogP contribution in [-0.4, -0.2) is 20.9 Å². The minimum atomic E-state index is -0.729. The van der Waals surface area contributed by atoms with Crippen molar-refractivity contribution in [3.63, 3.8) is 0 Å². The predicted molar refractivity (Wildman–Crippen MR) is 151 cm³/mol. The van der Waals surface area contributed by atoms with E-state index in [2.05, 4.69) is 16.3 Å². The number of halogens is 1. The van der Waals surface area contributed by atoms with E-state index in [1.165, 1.54) is 35.2 Å². The normalized spacial score (nSPS) is 18.7. The van der Waals surface area contributed by atoms with E-state index in [-0.39, 0.29) is 28.3 Å². The maximum Gasteiger partial charge on any atom is 0.269 e. The molecule has 1 aliphatic heterocycles. The first kappa shape index (κ1) is 26.9. The molecule has 9 nitrogen and oxygen atoms in total. The number of hydrogen-bond donors (Lipinski definition) is 1. The first-order chi connectivity index (χ1) is 18.6. The molecule has 0 amide bonds. The van der Waals surface area contributed by atoms with Crippen LogP contribution in [-0.2, 0) is 10.5 Å². The Hall–Kier alpha value is -3.72. The van der Waals surface area contributed by atoms with Gasteiger partial charge < -0.3 is 5.73 Å². The summed E-state index contributed by atoms with van der Waals surface area (Å²) in [5.74, 6) is -0.0469. The van der Waals surface area contributed by atoms with Crippen molar-refractivity contribution in [1.29, 1.82) is 5.26 Å². The molecule has 1 aromatic heterocycles. The second-order valence-electron chi connectivity index (χ2n) is 10.1. The molecule has 12 heteroatoms. The van der Waals surface area contributed by atoms with Crippen molar-refractivity contribution in [1.82, 2.24) is 10.2 Å². The van der Waals surface area contributed by atoms with E-state index < -0.39 is 10.8 Å². The van der Waals surface area contributed by atoms with E-state index in [1.807, 2.05) is 38.1 Å². The molecule has 0 saturated carbocycles. The summed E-state index contributed by atoms with van der Waals surface area (Å²) in [7, 11) is 0. The Kier molecular flexibility index (Phi) is 7.20. The zero-order chi connectivity index (χ0) is 27.9. The number of non-ortho nitro benzene ring substituents is 1. The van der Waals surface area contributed by atoms with Gasteiger partial charge in [-0.05, 0) is 29.0 Å². The molecule has 0 bridgehead atoms. The molecular formula is C27H23ClN6O3S2. The van der Waals surface area contributed by atoms with Gasteiger partial charge in [-0.25, -0.2) is 0 Å². The van der Waals surface area contributed by atoms with Crippen LogP contribution >= 0.6 is 34.7 Å². The van der Waals surface area contributed by atoms with Gasteiger partial charge in [-0.1, -0.05) is 78.9 Å². The lowest BCUT2D eigenvalue weighted by molar-refractivity contribution is -0.384. The number of nitrogens with two attached hydrogens (primary N) is 1. The molecule has 0 spiro atoms. The van der Waals surface area contributed by atoms with Gasteiger partial charge in [-0.3, -0.25) is 19.8 Å². The number of aromatic nitrogens is 2. The van der Waals surface area contributed by atoms with Crippen LogP contribution in [0.5, 0.6) is 0 Å². The number of hydrogen-bond acceptors (Lipinski definition) is 10. The molecule has 1 aliphatic carbocycles. The Labute approximate surface area is 238 Å². The fourth-order valence-electron chi connectivity index (χ4n) is 4.96. The van der Waals surface area contributed by atoms with Crippen LogP contribution in [0.15, 0.2) is 75.5 Å². The topological polar surface area (TPSA) is 139 Å². The third-order valence-corrected chi connectivity index (χ3v) is 9.17. The highest BCUT2D eigenvalue weighted by Gasteiger charge is 2.45. The summed E-state index contributed by atoms with van der Waals surface area (Å²) < 4.78 is 0.692. The van der Waals surface area contributed by atoms with Crippen LogP contribution in [0.1, 0.15) is 43.7 Å².